The van der Waals surface area contributed by atoms with Gasteiger partial charge in [-0.3, -0.25) is 4.79 Å². The molecule has 2 fully saturated rings. The van der Waals surface area contributed by atoms with Crippen molar-refractivity contribution in [1.29, 1.82) is 0 Å². The minimum atomic E-state index is -0.648. The zero-order chi connectivity index (χ0) is 13.2. The third-order valence-electron chi connectivity index (χ3n) is 4.21. The molecule has 1 spiro atoms. The number of aliphatic carboxylic acids is 1. The zero-order valence-electron chi connectivity index (χ0n) is 11.4. The minimum absolute atomic E-state index is 0.187. The van der Waals surface area contributed by atoms with Crippen molar-refractivity contribution in [3.05, 3.63) is 0 Å². The molecule has 4 heteroatoms. The normalized spacial score (nSPS) is 34.1. The van der Waals surface area contributed by atoms with Crippen molar-refractivity contribution in [2.75, 3.05) is 19.8 Å². The summed E-state index contributed by atoms with van der Waals surface area (Å²) in [7, 11) is 0. The molecule has 0 bridgehead atoms. The zero-order valence-corrected chi connectivity index (χ0v) is 11.4. The predicted octanol–water partition coefficient (Wildman–Crippen LogP) is 2.32. The van der Waals surface area contributed by atoms with Gasteiger partial charge in [0.1, 0.15) is 0 Å². The molecule has 2 aliphatic heterocycles. The quantitative estimate of drug-likeness (QED) is 0.838. The number of carbonyl (C=O) groups is 1. The Bertz CT molecular complexity index is 294. The van der Waals surface area contributed by atoms with Gasteiger partial charge in [-0.15, -0.1) is 0 Å². The van der Waals surface area contributed by atoms with E-state index in [1.807, 2.05) is 0 Å². The second-order valence-electron chi connectivity index (χ2n) is 6.16. The van der Waals surface area contributed by atoms with Crippen LogP contribution in [-0.2, 0) is 14.3 Å². The summed E-state index contributed by atoms with van der Waals surface area (Å²) in [5.41, 5.74) is -0.187. The van der Waals surface area contributed by atoms with Crippen molar-refractivity contribution in [2.24, 2.45) is 17.8 Å². The van der Waals surface area contributed by atoms with Crippen LogP contribution in [-0.4, -0.2) is 36.5 Å². The second-order valence-corrected chi connectivity index (χ2v) is 6.16. The van der Waals surface area contributed by atoms with E-state index in [0.29, 0.717) is 19.1 Å². The van der Waals surface area contributed by atoms with Crippen LogP contribution in [0.3, 0.4) is 0 Å². The van der Waals surface area contributed by atoms with Crippen LogP contribution >= 0.6 is 0 Å². The van der Waals surface area contributed by atoms with E-state index >= 15 is 0 Å². The summed E-state index contributed by atoms with van der Waals surface area (Å²) in [5.74, 6) is -0.221. The summed E-state index contributed by atoms with van der Waals surface area (Å²) in [6.07, 6.45) is 3.39. The maximum Gasteiger partial charge on any atom is 0.306 e. The Hall–Kier alpha value is -0.610. The molecule has 0 amide bonds. The topological polar surface area (TPSA) is 55.8 Å². The Morgan fingerprint density at radius 3 is 2.78 bits per heavy atom. The van der Waals surface area contributed by atoms with Gasteiger partial charge in [0.2, 0.25) is 0 Å². The van der Waals surface area contributed by atoms with Gasteiger partial charge in [0.15, 0.2) is 0 Å². The van der Waals surface area contributed by atoms with Gasteiger partial charge in [0.25, 0.3) is 0 Å². The van der Waals surface area contributed by atoms with E-state index in [2.05, 4.69) is 13.8 Å². The van der Waals surface area contributed by atoms with Crippen molar-refractivity contribution in [3.8, 4) is 0 Å². The molecule has 0 radical (unpaired) electrons. The first-order chi connectivity index (χ1) is 8.52. The Morgan fingerprint density at radius 2 is 2.22 bits per heavy atom. The fourth-order valence-corrected chi connectivity index (χ4v) is 3.28. The highest BCUT2D eigenvalue weighted by atomic mass is 16.6. The van der Waals surface area contributed by atoms with Crippen molar-refractivity contribution >= 4 is 5.97 Å². The molecule has 3 atom stereocenters. The van der Waals surface area contributed by atoms with Crippen LogP contribution in [0.25, 0.3) is 0 Å². The summed E-state index contributed by atoms with van der Waals surface area (Å²) in [6.45, 7) is 6.23. The maximum absolute atomic E-state index is 11.5. The molecule has 0 saturated carbocycles. The van der Waals surface area contributed by atoms with Crippen molar-refractivity contribution in [1.82, 2.24) is 0 Å². The number of rotatable bonds is 4. The lowest BCUT2D eigenvalue weighted by Gasteiger charge is -2.39. The lowest BCUT2D eigenvalue weighted by atomic mass is 9.75. The van der Waals surface area contributed by atoms with E-state index in [1.165, 1.54) is 0 Å². The minimum Gasteiger partial charge on any atom is -0.481 e. The molecule has 0 aromatic rings. The van der Waals surface area contributed by atoms with Crippen LogP contribution < -0.4 is 0 Å². The number of hydrogen-bond donors (Lipinski definition) is 1. The van der Waals surface area contributed by atoms with Gasteiger partial charge in [-0.2, -0.15) is 0 Å². The first-order valence-electron chi connectivity index (χ1n) is 6.97. The Labute approximate surface area is 109 Å². The molecule has 2 saturated heterocycles. The van der Waals surface area contributed by atoms with E-state index in [9.17, 15) is 9.90 Å². The molecule has 2 heterocycles. The van der Waals surface area contributed by atoms with E-state index in [0.717, 1.165) is 32.3 Å². The maximum atomic E-state index is 11.5. The standard InChI is InChI=1S/C14H24O4/c1-10(2)7-12(13(15)16)11-3-5-18-14(8-11)4-6-17-9-14/h10-12H,3-9H2,1-2H3,(H,15,16). The van der Waals surface area contributed by atoms with E-state index in [-0.39, 0.29) is 17.4 Å². The lowest BCUT2D eigenvalue weighted by molar-refractivity contribution is -0.151. The smallest absolute Gasteiger partial charge is 0.306 e. The van der Waals surface area contributed by atoms with E-state index in [1.54, 1.807) is 0 Å². The van der Waals surface area contributed by atoms with Gasteiger partial charge < -0.3 is 14.6 Å². The lowest BCUT2D eigenvalue weighted by Crippen LogP contribution is -2.43. The molecule has 0 aromatic carbocycles. The average molecular weight is 256 g/mol. The first-order valence-corrected chi connectivity index (χ1v) is 6.97. The van der Waals surface area contributed by atoms with Gasteiger partial charge in [-0.1, -0.05) is 13.8 Å². The fraction of sp³-hybridized carbons (Fsp3) is 0.929. The van der Waals surface area contributed by atoms with Crippen molar-refractivity contribution < 1.29 is 19.4 Å². The molecule has 104 valence electrons. The highest BCUT2D eigenvalue weighted by Gasteiger charge is 2.44. The molecule has 2 aliphatic rings. The second kappa shape index (κ2) is 5.57. The van der Waals surface area contributed by atoms with Crippen LogP contribution in [0.2, 0.25) is 0 Å². The molecule has 0 aliphatic carbocycles. The SMILES string of the molecule is CC(C)CC(C(=O)O)C1CCOC2(CCOC2)C1. The molecular weight excluding hydrogens is 232 g/mol. The largest absolute Gasteiger partial charge is 0.481 e. The number of hydrogen-bond acceptors (Lipinski definition) is 3. The van der Waals surface area contributed by atoms with Crippen LogP contribution in [0.4, 0.5) is 0 Å². The molecular formula is C14H24O4. The number of carboxylic acids is 1. The average Bonchev–Trinajstić information content (AvgIpc) is 2.73. The first kappa shape index (κ1) is 13.8. The summed E-state index contributed by atoms with van der Waals surface area (Å²) in [4.78, 5) is 11.5. The summed E-state index contributed by atoms with van der Waals surface area (Å²) in [6, 6.07) is 0. The monoisotopic (exact) mass is 256 g/mol. The van der Waals surface area contributed by atoms with E-state index < -0.39 is 5.97 Å². The summed E-state index contributed by atoms with van der Waals surface area (Å²) < 4.78 is 11.3. The van der Waals surface area contributed by atoms with Crippen molar-refractivity contribution in [2.45, 2.75) is 45.1 Å². The fourth-order valence-electron chi connectivity index (χ4n) is 3.28. The predicted molar refractivity (Wildman–Crippen MR) is 67.4 cm³/mol. The van der Waals surface area contributed by atoms with Crippen LogP contribution in [0.5, 0.6) is 0 Å². The van der Waals surface area contributed by atoms with Crippen LogP contribution in [0.15, 0.2) is 0 Å². The van der Waals surface area contributed by atoms with Crippen LogP contribution in [0, 0.1) is 17.8 Å². The van der Waals surface area contributed by atoms with Gasteiger partial charge >= 0.3 is 5.97 Å². The molecule has 0 aromatic heterocycles. The summed E-state index contributed by atoms with van der Waals surface area (Å²) in [5, 5.41) is 9.43. The molecule has 4 nitrogen and oxygen atoms in total. The van der Waals surface area contributed by atoms with Gasteiger partial charge in [-0.05, 0) is 31.1 Å². The van der Waals surface area contributed by atoms with Gasteiger partial charge in [-0.25, -0.2) is 0 Å². The Balaban J connectivity index is 2.03. The Kier molecular flexibility index (Phi) is 4.28. The van der Waals surface area contributed by atoms with E-state index in [4.69, 9.17) is 9.47 Å². The third-order valence-corrected chi connectivity index (χ3v) is 4.21. The van der Waals surface area contributed by atoms with Gasteiger partial charge in [0, 0.05) is 19.6 Å². The number of carboxylic acid groups (broad SMARTS) is 1. The van der Waals surface area contributed by atoms with Crippen LogP contribution in [0.1, 0.15) is 39.5 Å². The highest BCUT2D eigenvalue weighted by molar-refractivity contribution is 5.70. The van der Waals surface area contributed by atoms with Crippen molar-refractivity contribution in [3.63, 3.8) is 0 Å². The highest BCUT2D eigenvalue weighted by Crippen LogP contribution is 2.40. The number of ether oxygens (including phenoxy) is 2. The molecule has 18 heavy (non-hydrogen) atoms. The molecule has 2 rings (SSSR count). The molecule has 3 unspecified atom stereocenters. The molecule has 1 N–H and O–H groups in total. The third kappa shape index (κ3) is 3.04. The summed E-state index contributed by atoms with van der Waals surface area (Å²) >= 11 is 0. The Morgan fingerprint density at radius 1 is 1.44 bits per heavy atom. The van der Waals surface area contributed by atoms with Gasteiger partial charge in [0.05, 0.1) is 18.1 Å².